The van der Waals surface area contributed by atoms with E-state index in [9.17, 15) is 4.57 Å². The molecule has 0 aromatic heterocycles. The first-order valence-electron chi connectivity index (χ1n) is 3.57. The average molecular weight is 250 g/mol. The molecule has 0 aliphatic carbocycles. The lowest BCUT2D eigenvalue weighted by atomic mass is 10.1. The van der Waals surface area contributed by atoms with Gasteiger partial charge in [0.1, 0.15) is 0 Å². The monoisotopic (exact) mass is 248 g/mol. The number of hydrogen-bond acceptors (Lipinski definition) is 1. The quantitative estimate of drug-likeness (QED) is 0.655. The second-order valence-electron chi connectivity index (χ2n) is 2.97. The van der Waals surface area contributed by atoms with Crippen LogP contribution in [-0.4, -0.2) is 6.16 Å². The van der Waals surface area contributed by atoms with Crippen LogP contribution in [0.5, 0.6) is 0 Å². The van der Waals surface area contributed by atoms with Gasteiger partial charge in [0.2, 0.25) is 0 Å². The lowest BCUT2D eigenvalue weighted by molar-refractivity contribution is 0.594. The molecule has 72 valence electrons. The van der Waals surface area contributed by atoms with Gasteiger partial charge >= 0.3 is 0 Å². The van der Waals surface area contributed by atoms with E-state index < -0.39 is 5.85 Å². The van der Waals surface area contributed by atoms with E-state index >= 15 is 0 Å². The molecular weight excluding hydrogens is 237 g/mol. The first-order chi connectivity index (χ1) is 5.24. The minimum atomic E-state index is -3.06. The molecule has 12 heavy (non-hydrogen) atoms. The average Bonchev–Trinajstić information content (AvgIpc) is 1.82. The van der Waals surface area contributed by atoms with E-state index in [1.165, 1.54) is 0 Å². The highest BCUT2D eigenvalue weighted by molar-refractivity contribution is 8.08. The normalized spacial score (nSPS) is 14.9. The Morgan fingerprint density at radius 1 is 1.42 bits per heavy atom. The maximum atomic E-state index is 11.0. The highest BCUT2D eigenvalue weighted by atomic mass is 35.9. The van der Waals surface area contributed by atoms with Crippen molar-refractivity contribution in [2.75, 3.05) is 6.16 Å². The lowest BCUT2D eigenvalue weighted by Crippen LogP contribution is -1.94. The summed E-state index contributed by atoms with van der Waals surface area (Å²) in [6, 6.07) is 0. The van der Waals surface area contributed by atoms with Crippen molar-refractivity contribution in [1.82, 2.24) is 0 Å². The van der Waals surface area contributed by atoms with E-state index in [1.807, 2.05) is 20.8 Å². The highest BCUT2D eigenvalue weighted by Gasteiger charge is 2.17. The molecule has 0 rings (SSSR count). The molecule has 0 atom stereocenters. The number of halogens is 3. The molecule has 0 aliphatic rings. The first-order valence-corrected chi connectivity index (χ1v) is 7.65. The van der Waals surface area contributed by atoms with E-state index in [-0.39, 0.29) is 6.16 Å². The summed E-state index contributed by atoms with van der Waals surface area (Å²) in [7, 11) is 0. The summed E-state index contributed by atoms with van der Waals surface area (Å²) < 4.78 is 11.0. The van der Waals surface area contributed by atoms with Crippen LogP contribution in [0.3, 0.4) is 0 Å². The molecule has 0 unspecified atom stereocenters. The van der Waals surface area contributed by atoms with E-state index in [4.69, 9.17) is 34.1 Å². The summed E-state index contributed by atoms with van der Waals surface area (Å²) in [6.45, 7) is 5.90. The van der Waals surface area contributed by atoms with Crippen molar-refractivity contribution < 1.29 is 4.57 Å². The van der Waals surface area contributed by atoms with Crippen molar-refractivity contribution in [1.29, 1.82) is 0 Å². The molecule has 5 heteroatoms. The van der Waals surface area contributed by atoms with Crippen LogP contribution in [0.4, 0.5) is 0 Å². The maximum absolute atomic E-state index is 11.0. The van der Waals surface area contributed by atoms with Crippen LogP contribution in [0.15, 0.2) is 10.6 Å². The molecule has 0 saturated carbocycles. The molecule has 0 aromatic rings. The van der Waals surface area contributed by atoms with Gasteiger partial charge in [0.25, 0.3) is 5.85 Å². The van der Waals surface area contributed by atoms with Gasteiger partial charge in [0, 0.05) is 5.03 Å². The second-order valence-corrected chi connectivity index (χ2v) is 8.68. The fourth-order valence-electron chi connectivity index (χ4n) is 0.600. The molecule has 1 nitrogen and oxygen atoms in total. The maximum Gasteiger partial charge on any atom is 0.258 e. The molecule has 0 aromatic carbocycles. The van der Waals surface area contributed by atoms with Gasteiger partial charge in [-0.2, -0.15) is 0 Å². The topological polar surface area (TPSA) is 17.1 Å². The summed E-state index contributed by atoms with van der Waals surface area (Å²) in [5.74, 6) is -2.73. The third kappa shape index (κ3) is 5.48. The van der Waals surface area contributed by atoms with E-state index in [0.29, 0.717) is 11.0 Å². The smallest absolute Gasteiger partial charge is 0.258 e. The SMILES string of the molecule is C/C(=C(/Cl)CP(=O)(Cl)Cl)C(C)C. The Balaban J connectivity index is 4.49. The zero-order valence-corrected chi connectivity index (χ0v) is 10.4. The molecular formula is C7H12Cl3OP. The molecule has 0 bridgehead atoms. The summed E-state index contributed by atoms with van der Waals surface area (Å²) in [5.41, 5.74) is 0.984. The van der Waals surface area contributed by atoms with E-state index in [0.717, 1.165) is 5.57 Å². The second kappa shape index (κ2) is 4.91. The third-order valence-corrected chi connectivity index (χ3v) is 3.64. The number of hydrogen-bond donors (Lipinski definition) is 0. The molecule has 0 heterocycles. The highest BCUT2D eigenvalue weighted by Crippen LogP contribution is 2.58. The standard InChI is InChI=1S/C7H12Cl3OP/c1-5(2)6(3)7(8)4-12(9,10)11/h5H,4H2,1-3H3/b7-6-. The van der Waals surface area contributed by atoms with Crippen molar-refractivity contribution in [2.24, 2.45) is 5.92 Å². The van der Waals surface area contributed by atoms with E-state index in [1.54, 1.807) is 0 Å². The van der Waals surface area contributed by atoms with Gasteiger partial charge in [-0.05, 0) is 35.3 Å². The molecule has 0 saturated heterocycles. The van der Waals surface area contributed by atoms with Crippen LogP contribution >= 0.6 is 39.9 Å². The first kappa shape index (κ1) is 12.8. The third-order valence-electron chi connectivity index (χ3n) is 1.62. The minimum Gasteiger partial charge on any atom is -0.289 e. The minimum absolute atomic E-state index is 0.0711. The van der Waals surface area contributed by atoms with Crippen LogP contribution in [0, 0.1) is 5.92 Å². The predicted molar refractivity (Wildman–Crippen MR) is 57.6 cm³/mol. The number of allylic oxidation sites excluding steroid dienone is 2. The van der Waals surface area contributed by atoms with Gasteiger partial charge in [0.05, 0.1) is 6.16 Å². The Hall–Kier alpha value is 0.840. The lowest BCUT2D eigenvalue weighted by Gasteiger charge is -2.09. The van der Waals surface area contributed by atoms with Crippen LogP contribution in [0.1, 0.15) is 20.8 Å². The zero-order chi connectivity index (χ0) is 9.94. The Kier molecular flexibility index (Phi) is 5.25. The van der Waals surface area contributed by atoms with Gasteiger partial charge in [-0.1, -0.05) is 31.0 Å². The Morgan fingerprint density at radius 3 is 2.08 bits per heavy atom. The van der Waals surface area contributed by atoms with E-state index in [2.05, 4.69) is 0 Å². The molecule has 0 aliphatic heterocycles. The Morgan fingerprint density at radius 2 is 1.83 bits per heavy atom. The van der Waals surface area contributed by atoms with Gasteiger partial charge in [-0.3, -0.25) is 4.57 Å². The molecule has 0 spiro atoms. The Bertz CT molecular complexity index is 229. The number of rotatable bonds is 3. The molecule has 0 radical (unpaired) electrons. The van der Waals surface area contributed by atoms with Gasteiger partial charge < -0.3 is 0 Å². The molecule has 0 N–H and O–H groups in total. The summed E-state index contributed by atoms with van der Waals surface area (Å²) in [6.07, 6.45) is 0.0711. The van der Waals surface area contributed by atoms with Crippen LogP contribution in [0.25, 0.3) is 0 Å². The van der Waals surface area contributed by atoms with Crippen LogP contribution < -0.4 is 0 Å². The Labute approximate surface area is 88.0 Å². The van der Waals surface area contributed by atoms with Crippen molar-refractivity contribution in [3.8, 4) is 0 Å². The van der Waals surface area contributed by atoms with Crippen molar-refractivity contribution >= 4 is 39.9 Å². The summed E-state index contributed by atoms with van der Waals surface area (Å²) in [4.78, 5) is 0. The van der Waals surface area contributed by atoms with Crippen molar-refractivity contribution in [2.45, 2.75) is 20.8 Å². The van der Waals surface area contributed by atoms with Crippen molar-refractivity contribution in [3.63, 3.8) is 0 Å². The fraction of sp³-hybridized carbons (Fsp3) is 0.714. The molecule has 0 fully saturated rings. The van der Waals surface area contributed by atoms with Gasteiger partial charge in [-0.25, -0.2) is 0 Å². The molecule has 0 amide bonds. The fourth-order valence-corrected chi connectivity index (χ4v) is 2.98. The largest absolute Gasteiger partial charge is 0.289 e. The van der Waals surface area contributed by atoms with Crippen LogP contribution in [-0.2, 0) is 4.57 Å². The van der Waals surface area contributed by atoms with Crippen LogP contribution in [0.2, 0.25) is 0 Å². The predicted octanol–water partition coefficient (Wildman–Crippen LogP) is 4.83. The van der Waals surface area contributed by atoms with Crippen molar-refractivity contribution in [3.05, 3.63) is 10.6 Å². The van der Waals surface area contributed by atoms with Gasteiger partial charge in [0.15, 0.2) is 0 Å². The zero-order valence-electron chi connectivity index (χ0n) is 7.27. The summed E-state index contributed by atoms with van der Waals surface area (Å²) >= 11 is 16.6. The van der Waals surface area contributed by atoms with Gasteiger partial charge in [-0.15, -0.1) is 0 Å². The summed E-state index contributed by atoms with van der Waals surface area (Å²) in [5, 5.41) is 0.512.